The van der Waals surface area contributed by atoms with Crippen molar-refractivity contribution in [3.8, 4) is 0 Å². The van der Waals surface area contributed by atoms with Gasteiger partial charge in [-0.05, 0) is 40.8 Å². The molecule has 0 spiro atoms. The Morgan fingerprint density at radius 2 is 2.09 bits per heavy atom. The molecule has 1 N–H and O–H groups in total. The fourth-order valence-electron chi connectivity index (χ4n) is 1.09. The summed E-state index contributed by atoms with van der Waals surface area (Å²) in [7, 11) is 0. The van der Waals surface area contributed by atoms with Crippen LogP contribution in [-0.4, -0.2) is 4.98 Å². The van der Waals surface area contributed by atoms with Crippen molar-refractivity contribution in [1.82, 2.24) is 4.98 Å². The molecule has 11 heavy (non-hydrogen) atoms. The van der Waals surface area contributed by atoms with Gasteiger partial charge in [0, 0.05) is 15.2 Å². The van der Waals surface area contributed by atoms with Crippen LogP contribution in [0.3, 0.4) is 0 Å². The van der Waals surface area contributed by atoms with Crippen LogP contribution in [0.2, 0.25) is 0 Å². The van der Waals surface area contributed by atoms with E-state index in [1.54, 1.807) is 18.3 Å². The average Bonchev–Trinajstić information content (AvgIpc) is 2.45. The van der Waals surface area contributed by atoms with Crippen molar-refractivity contribution >= 4 is 33.5 Å². The summed E-state index contributed by atoms with van der Waals surface area (Å²) < 4.78 is 14.0. The highest BCUT2D eigenvalue weighted by Gasteiger charge is 2.02. The molecule has 0 amide bonds. The highest BCUT2D eigenvalue weighted by atomic mass is 127. The van der Waals surface area contributed by atoms with Gasteiger partial charge in [0.05, 0.1) is 5.52 Å². The molecule has 56 valence electrons. The van der Waals surface area contributed by atoms with Crippen molar-refractivity contribution in [2.45, 2.75) is 0 Å². The van der Waals surface area contributed by atoms with Crippen molar-refractivity contribution in [3.63, 3.8) is 0 Å². The Morgan fingerprint density at radius 1 is 1.27 bits per heavy atom. The van der Waals surface area contributed by atoms with Gasteiger partial charge in [-0.3, -0.25) is 0 Å². The number of hydrogen-bond acceptors (Lipinski definition) is 0. The van der Waals surface area contributed by atoms with Crippen LogP contribution in [0.25, 0.3) is 10.9 Å². The summed E-state index contributed by atoms with van der Waals surface area (Å²) in [5.74, 6) is -0.165. The number of benzene rings is 1. The van der Waals surface area contributed by atoms with Crippen LogP contribution in [-0.2, 0) is 0 Å². The van der Waals surface area contributed by atoms with Crippen molar-refractivity contribution in [1.29, 1.82) is 0 Å². The predicted octanol–water partition coefficient (Wildman–Crippen LogP) is 2.91. The minimum absolute atomic E-state index is 0.165. The van der Waals surface area contributed by atoms with E-state index in [1.165, 1.54) is 6.07 Å². The van der Waals surface area contributed by atoms with Crippen LogP contribution >= 0.6 is 22.6 Å². The molecule has 0 atom stereocenters. The van der Waals surface area contributed by atoms with Gasteiger partial charge in [0.2, 0.25) is 0 Å². The lowest BCUT2D eigenvalue weighted by Gasteiger charge is -1.94. The molecule has 1 aromatic carbocycles. The molecule has 2 aromatic rings. The van der Waals surface area contributed by atoms with Gasteiger partial charge in [0.1, 0.15) is 5.82 Å². The molecule has 1 heterocycles. The molecule has 1 nitrogen and oxygen atoms in total. The molecule has 0 unspecified atom stereocenters. The van der Waals surface area contributed by atoms with Gasteiger partial charge in [0.25, 0.3) is 0 Å². The van der Waals surface area contributed by atoms with E-state index in [-0.39, 0.29) is 5.82 Å². The summed E-state index contributed by atoms with van der Waals surface area (Å²) in [6.45, 7) is 0. The fourth-order valence-corrected chi connectivity index (χ4v) is 1.71. The summed E-state index contributed by atoms with van der Waals surface area (Å²) in [5, 5.41) is 0.664. The third-order valence-electron chi connectivity index (χ3n) is 1.62. The predicted molar refractivity (Wildman–Crippen MR) is 51.0 cm³/mol. The zero-order chi connectivity index (χ0) is 7.84. The minimum atomic E-state index is -0.165. The number of halogens is 2. The maximum atomic E-state index is 13.0. The first-order chi connectivity index (χ1) is 5.29. The molecule has 0 saturated carbocycles. The van der Waals surface area contributed by atoms with E-state index in [2.05, 4.69) is 27.6 Å². The van der Waals surface area contributed by atoms with Gasteiger partial charge in [-0.25, -0.2) is 4.39 Å². The molecule has 0 aliphatic heterocycles. The fraction of sp³-hybridized carbons (Fsp3) is 0. The Morgan fingerprint density at radius 3 is 2.82 bits per heavy atom. The Bertz CT molecular complexity index is 358. The zero-order valence-electron chi connectivity index (χ0n) is 5.57. The highest BCUT2D eigenvalue weighted by molar-refractivity contribution is 14.1. The molecular weight excluding hydrogens is 256 g/mol. The summed E-state index contributed by atoms with van der Waals surface area (Å²) >= 11 is 2.17. The zero-order valence-corrected chi connectivity index (χ0v) is 7.72. The van der Waals surface area contributed by atoms with Crippen molar-refractivity contribution in [2.24, 2.45) is 0 Å². The van der Waals surface area contributed by atoms with Gasteiger partial charge < -0.3 is 4.98 Å². The van der Waals surface area contributed by atoms with Crippen molar-refractivity contribution in [3.05, 3.63) is 33.8 Å². The van der Waals surface area contributed by atoms with Gasteiger partial charge in [-0.15, -0.1) is 0 Å². The van der Waals surface area contributed by atoms with Crippen LogP contribution in [0.4, 0.5) is 4.39 Å². The van der Waals surface area contributed by atoms with Crippen LogP contribution in [0.5, 0.6) is 0 Å². The Hall–Kier alpha value is -0.580. The van der Waals surface area contributed by atoms with Gasteiger partial charge >= 0.3 is 0 Å². The largest absolute Gasteiger partial charge is 0.360 e. The quantitative estimate of drug-likeness (QED) is 0.702. The number of fused-ring (bicyclic) bond motifs is 1. The first-order valence-corrected chi connectivity index (χ1v) is 4.28. The lowest BCUT2D eigenvalue weighted by molar-refractivity contribution is 0.640. The summed E-state index contributed by atoms with van der Waals surface area (Å²) in [6.07, 6.45) is 1.75. The van der Waals surface area contributed by atoms with E-state index in [9.17, 15) is 4.39 Å². The Labute approximate surface area is 76.7 Å². The SMILES string of the molecule is Fc1ccc(I)c2[nH]ccc12. The molecule has 0 saturated heterocycles. The summed E-state index contributed by atoms with van der Waals surface area (Å²) in [5.41, 5.74) is 0.880. The van der Waals surface area contributed by atoms with Crippen LogP contribution < -0.4 is 0 Å². The first kappa shape index (κ1) is 7.09. The number of rotatable bonds is 0. The lowest BCUT2D eigenvalue weighted by atomic mass is 10.2. The molecule has 0 fully saturated rings. The topological polar surface area (TPSA) is 15.8 Å². The maximum absolute atomic E-state index is 13.0. The molecule has 0 aliphatic rings. The maximum Gasteiger partial charge on any atom is 0.132 e. The minimum Gasteiger partial charge on any atom is -0.360 e. The molecular formula is C8H5FIN. The highest BCUT2D eigenvalue weighted by Crippen LogP contribution is 2.21. The van der Waals surface area contributed by atoms with Crippen molar-refractivity contribution < 1.29 is 4.39 Å². The van der Waals surface area contributed by atoms with Gasteiger partial charge in [-0.2, -0.15) is 0 Å². The lowest BCUT2D eigenvalue weighted by Crippen LogP contribution is -1.78. The number of aromatic amines is 1. The van der Waals surface area contributed by atoms with Gasteiger partial charge in [0.15, 0.2) is 0 Å². The molecule has 0 bridgehead atoms. The van der Waals surface area contributed by atoms with E-state index in [1.807, 2.05) is 0 Å². The van der Waals surface area contributed by atoms with E-state index >= 15 is 0 Å². The summed E-state index contributed by atoms with van der Waals surface area (Å²) in [4.78, 5) is 2.98. The number of hydrogen-bond donors (Lipinski definition) is 1. The standard InChI is InChI=1S/C8H5FIN/c9-6-1-2-7(10)8-5(6)3-4-11-8/h1-4,11H. The number of aromatic nitrogens is 1. The molecule has 3 heteroatoms. The first-order valence-electron chi connectivity index (χ1n) is 3.20. The van der Waals surface area contributed by atoms with E-state index in [0.717, 1.165) is 9.09 Å². The number of nitrogens with one attached hydrogen (secondary N) is 1. The second-order valence-corrected chi connectivity index (χ2v) is 3.46. The van der Waals surface area contributed by atoms with E-state index in [4.69, 9.17) is 0 Å². The molecule has 0 aliphatic carbocycles. The van der Waals surface area contributed by atoms with E-state index in [0.29, 0.717) is 5.39 Å². The van der Waals surface area contributed by atoms with Crippen LogP contribution in [0, 0.1) is 9.39 Å². The van der Waals surface area contributed by atoms with Crippen molar-refractivity contribution in [2.75, 3.05) is 0 Å². The molecule has 2 rings (SSSR count). The normalized spacial score (nSPS) is 10.7. The van der Waals surface area contributed by atoms with Gasteiger partial charge in [-0.1, -0.05) is 0 Å². The van der Waals surface area contributed by atoms with E-state index < -0.39 is 0 Å². The third-order valence-corrected chi connectivity index (χ3v) is 2.52. The second-order valence-electron chi connectivity index (χ2n) is 2.30. The molecule has 1 aromatic heterocycles. The second kappa shape index (κ2) is 2.48. The van der Waals surface area contributed by atoms with Crippen LogP contribution in [0.15, 0.2) is 24.4 Å². The monoisotopic (exact) mass is 261 g/mol. The third kappa shape index (κ3) is 1.03. The molecule has 0 radical (unpaired) electrons. The Kier molecular flexibility index (Phi) is 1.60. The summed E-state index contributed by atoms with van der Waals surface area (Å²) in [6, 6.07) is 4.99. The average molecular weight is 261 g/mol. The Balaban J connectivity index is 2.96. The number of H-pyrrole nitrogens is 1. The van der Waals surface area contributed by atoms with Crippen LogP contribution in [0.1, 0.15) is 0 Å². The smallest absolute Gasteiger partial charge is 0.132 e.